The van der Waals surface area contributed by atoms with Gasteiger partial charge in [0, 0.05) is 28.3 Å². The zero-order valence-corrected chi connectivity index (χ0v) is 22.7. The van der Waals surface area contributed by atoms with Crippen molar-refractivity contribution < 1.29 is 33.3 Å². The van der Waals surface area contributed by atoms with E-state index >= 15 is 0 Å². The average molecular weight is 539 g/mol. The van der Waals surface area contributed by atoms with Gasteiger partial charge in [-0.1, -0.05) is 50.1 Å². The monoisotopic (exact) mass is 538 g/mol. The van der Waals surface area contributed by atoms with Crippen LogP contribution < -0.4 is 18.9 Å². The third-order valence-electron chi connectivity index (χ3n) is 5.32. The molecule has 40 heavy (non-hydrogen) atoms. The molecule has 7 heteroatoms. The van der Waals surface area contributed by atoms with Gasteiger partial charge in [0.1, 0.15) is 29.6 Å². The summed E-state index contributed by atoms with van der Waals surface area (Å²) in [6.07, 6.45) is 3.69. The van der Waals surface area contributed by atoms with Gasteiger partial charge >= 0.3 is 17.9 Å². The number of benzene rings is 3. The van der Waals surface area contributed by atoms with E-state index in [0.717, 1.165) is 11.1 Å². The van der Waals surface area contributed by atoms with Crippen molar-refractivity contribution >= 4 is 24.0 Å². The predicted octanol–water partition coefficient (Wildman–Crippen LogP) is 6.89. The van der Waals surface area contributed by atoms with Gasteiger partial charge in [0.15, 0.2) is 0 Å². The number of carbonyl (C=O) groups excluding carboxylic acids is 3. The summed E-state index contributed by atoms with van der Waals surface area (Å²) in [4.78, 5) is 35.7. The first-order valence-electron chi connectivity index (χ1n) is 12.3. The highest BCUT2D eigenvalue weighted by Gasteiger charge is 2.14. The van der Waals surface area contributed by atoms with E-state index in [4.69, 9.17) is 18.9 Å². The fourth-order valence-electron chi connectivity index (χ4n) is 3.17. The van der Waals surface area contributed by atoms with Gasteiger partial charge in [-0.25, -0.2) is 14.4 Å². The first kappa shape index (κ1) is 29.4. The number of ether oxygens (including phenoxy) is 4. The highest BCUT2D eigenvalue weighted by Crippen LogP contribution is 2.35. The van der Waals surface area contributed by atoms with Crippen LogP contribution in [-0.4, -0.2) is 24.5 Å². The van der Waals surface area contributed by atoms with Gasteiger partial charge in [-0.3, -0.25) is 0 Å². The molecule has 3 aromatic rings. The quantitative estimate of drug-likeness (QED) is 0.149. The lowest BCUT2D eigenvalue weighted by Crippen LogP contribution is -2.09. The van der Waals surface area contributed by atoms with E-state index in [0.29, 0.717) is 39.7 Å². The Bertz CT molecular complexity index is 1480. The van der Waals surface area contributed by atoms with Crippen molar-refractivity contribution in [1.29, 1.82) is 0 Å². The Labute approximate surface area is 233 Å². The van der Waals surface area contributed by atoms with Crippen molar-refractivity contribution in [2.75, 3.05) is 6.61 Å². The minimum atomic E-state index is -0.567. The fraction of sp³-hybridized carbons (Fsp3) is 0.121. The molecule has 3 aromatic carbocycles. The van der Waals surface area contributed by atoms with Gasteiger partial charge in [0.2, 0.25) is 0 Å². The molecule has 7 nitrogen and oxygen atoms in total. The molecule has 0 spiro atoms. The first-order chi connectivity index (χ1) is 19.0. The minimum Gasteiger partial charge on any atom is -0.489 e. The lowest BCUT2D eigenvalue weighted by molar-refractivity contribution is -0.130. The number of hydrogen-bond acceptors (Lipinski definition) is 7. The highest BCUT2D eigenvalue weighted by atomic mass is 16.5. The molecule has 0 aromatic heterocycles. The van der Waals surface area contributed by atoms with Gasteiger partial charge in [-0.2, -0.15) is 0 Å². The molecule has 0 heterocycles. The van der Waals surface area contributed by atoms with Crippen molar-refractivity contribution in [3.63, 3.8) is 0 Å². The third-order valence-corrected chi connectivity index (χ3v) is 5.32. The summed E-state index contributed by atoms with van der Waals surface area (Å²) in [7, 11) is 0. The van der Waals surface area contributed by atoms with Gasteiger partial charge in [0.25, 0.3) is 0 Å². The van der Waals surface area contributed by atoms with E-state index in [9.17, 15) is 14.4 Å². The van der Waals surface area contributed by atoms with Crippen LogP contribution in [0.4, 0.5) is 0 Å². The summed E-state index contributed by atoms with van der Waals surface area (Å²) in [5, 5.41) is 0. The highest BCUT2D eigenvalue weighted by molar-refractivity contribution is 5.91. The molecule has 0 N–H and O–H groups in total. The molecular formula is C33H30O7. The molecule has 204 valence electrons. The smallest absolute Gasteiger partial charge is 0.338 e. The molecule has 3 rings (SSSR count). The molecule has 0 saturated heterocycles. The molecule has 0 radical (unpaired) electrons. The summed E-state index contributed by atoms with van der Waals surface area (Å²) < 4.78 is 21.9. The van der Waals surface area contributed by atoms with Gasteiger partial charge in [-0.05, 0) is 74.4 Å². The van der Waals surface area contributed by atoms with E-state index in [1.807, 2.05) is 24.3 Å². The fourth-order valence-corrected chi connectivity index (χ4v) is 3.17. The molecule has 0 aliphatic carbocycles. The second-order valence-corrected chi connectivity index (χ2v) is 8.97. The number of esters is 3. The molecule has 0 aliphatic heterocycles. The van der Waals surface area contributed by atoms with Gasteiger partial charge in [0.05, 0.1) is 0 Å². The van der Waals surface area contributed by atoms with Crippen LogP contribution in [0.15, 0.2) is 109 Å². The maximum atomic E-state index is 12.3. The van der Waals surface area contributed by atoms with Crippen LogP contribution in [0.5, 0.6) is 23.0 Å². The summed E-state index contributed by atoms with van der Waals surface area (Å²) in [5.74, 6) is 0.0284. The summed E-state index contributed by atoms with van der Waals surface area (Å²) in [6, 6.07) is 19.0. The van der Waals surface area contributed by atoms with Crippen LogP contribution in [0.1, 0.15) is 26.3 Å². The average Bonchev–Trinajstić information content (AvgIpc) is 2.92. The van der Waals surface area contributed by atoms with Crippen LogP contribution in [-0.2, 0) is 14.4 Å². The Hall–Kier alpha value is -5.17. The zero-order chi connectivity index (χ0) is 29.2. The van der Waals surface area contributed by atoms with Crippen LogP contribution in [0.2, 0.25) is 0 Å². The van der Waals surface area contributed by atoms with Crippen LogP contribution in [0.3, 0.4) is 0 Å². The van der Waals surface area contributed by atoms with Crippen LogP contribution >= 0.6 is 0 Å². The van der Waals surface area contributed by atoms with Gasteiger partial charge in [-0.15, -0.1) is 0 Å². The molecule has 0 bridgehead atoms. The normalized spacial score (nSPS) is 10.5. The largest absolute Gasteiger partial charge is 0.489 e. The first-order valence-corrected chi connectivity index (χ1v) is 12.3. The Morgan fingerprint density at radius 3 is 1.65 bits per heavy atom. The molecule has 0 amide bonds. The lowest BCUT2D eigenvalue weighted by atomic mass is 10.0. The summed E-state index contributed by atoms with van der Waals surface area (Å²) in [5.41, 5.74) is 3.14. The van der Waals surface area contributed by atoms with Crippen LogP contribution in [0, 0.1) is 0 Å². The Morgan fingerprint density at radius 2 is 1.12 bits per heavy atom. The van der Waals surface area contributed by atoms with E-state index in [1.165, 1.54) is 0 Å². The standard InChI is InChI=1S/C33H30O7/c1-21(2)31(34)38-26-13-9-24(10-14-26)8-7-19-37-28-17-18-29(30(20-28)40-33(36)23(5)6)25-11-15-27(16-12-25)39-32(35)22(3)4/h7-18,20H,1,3,5,19H2,2,4,6H3/b8-7+. The Morgan fingerprint density at radius 1 is 0.650 bits per heavy atom. The molecule has 0 fully saturated rings. The van der Waals surface area contributed by atoms with Crippen molar-refractivity contribution in [2.45, 2.75) is 20.8 Å². The van der Waals surface area contributed by atoms with Gasteiger partial charge < -0.3 is 18.9 Å². The molecule has 0 saturated carbocycles. The van der Waals surface area contributed by atoms with E-state index in [2.05, 4.69) is 19.7 Å². The van der Waals surface area contributed by atoms with Crippen molar-refractivity contribution in [3.8, 4) is 34.1 Å². The Balaban J connectivity index is 1.71. The summed E-state index contributed by atoms with van der Waals surface area (Å²) in [6.45, 7) is 15.8. The van der Waals surface area contributed by atoms with E-state index in [-0.39, 0.29) is 12.2 Å². The van der Waals surface area contributed by atoms with Crippen molar-refractivity contribution in [1.82, 2.24) is 0 Å². The van der Waals surface area contributed by atoms with Crippen LogP contribution in [0.25, 0.3) is 17.2 Å². The molecule has 0 atom stereocenters. The predicted molar refractivity (Wildman–Crippen MR) is 154 cm³/mol. The maximum Gasteiger partial charge on any atom is 0.338 e. The SMILES string of the molecule is C=C(C)C(=O)Oc1ccc(/C=C/COc2ccc(-c3ccc(OC(=O)C(=C)C)cc3)c(OC(=O)C(=C)C)c2)cc1. The maximum absolute atomic E-state index is 12.3. The third kappa shape index (κ3) is 8.43. The Kier molecular flexibility index (Phi) is 9.97. The molecular weight excluding hydrogens is 508 g/mol. The lowest BCUT2D eigenvalue weighted by Gasteiger charge is -2.13. The topological polar surface area (TPSA) is 88.1 Å². The number of carbonyl (C=O) groups is 3. The second-order valence-electron chi connectivity index (χ2n) is 8.97. The van der Waals surface area contributed by atoms with Crippen molar-refractivity contribution in [2.24, 2.45) is 0 Å². The van der Waals surface area contributed by atoms with E-state index < -0.39 is 17.9 Å². The van der Waals surface area contributed by atoms with E-state index in [1.54, 1.807) is 75.4 Å². The van der Waals surface area contributed by atoms with Crippen molar-refractivity contribution in [3.05, 3.63) is 115 Å². The second kappa shape index (κ2) is 13.6. The molecule has 0 unspecified atom stereocenters. The summed E-state index contributed by atoms with van der Waals surface area (Å²) >= 11 is 0. The zero-order valence-electron chi connectivity index (χ0n) is 22.7. The molecule has 0 aliphatic rings. The number of rotatable bonds is 11. The number of hydrogen-bond donors (Lipinski definition) is 0. The minimum absolute atomic E-state index is 0.252.